The molecule has 0 aromatic heterocycles. The molecule has 0 fully saturated rings. The summed E-state index contributed by atoms with van der Waals surface area (Å²) in [4.78, 5) is 11.6. The summed E-state index contributed by atoms with van der Waals surface area (Å²) in [5.41, 5.74) is 0.120. The van der Waals surface area contributed by atoms with E-state index in [1.165, 1.54) is 19.2 Å². The smallest absolute Gasteiger partial charge is 0.341 e. The fourth-order valence-corrected chi connectivity index (χ4v) is 16.2. The first kappa shape index (κ1) is 24.9. The maximum absolute atomic E-state index is 11.6. The van der Waals surface area contributed by atoms with Crippen LogP contribution in [0.25, 0.3) is 0 Å². The molecule has 9 heteroatoms. The van der Waals surface area contributed by atoms with Gasteiger partial charge < -0.3 is 22.8 Å². The Labute approximate surface area is 172 Å². The van der Waals surface area contributed by atoms with Gasteiger partial charge in [-0.3, -0.25) is 0 Å². The Hall–Kier alpha value is -1.14. The molecule has 0 heterocycles. The van der Waals surface area contributed by atoms with Gasteiger partial charge in [0.05, 0.1) is 13.7 Å². The van der Waals surface area contributed by atoms with Gasteiger partial charge in [-0.05, 0) is 69.9 Å². The number of rotatable bonds is 10. The number of carbonyl (C=O) groups excluding carboxylic acids is 1. The van der Waals surface area contributed by atoms with E-state index in [4.69, 9.17) is 13.0 Å². The number of methoxy groups -OCH3 is 1. The number of hydrogen-bond donors (Lipinski definition) is 1. The van der Waals surface area contributed by atoms with Crippen LogP contribution in [-0.2, 0) is 13.0 Å². The molecule has 1 unspecified atom stereocenters. The van der Waals surface area contributed by atoms with Crippen molar-refractivity contribution in [3.8, 4) is 11.5 Å². The van der Waals surface area contributed by atoms with Gasteiger partial charge in [0, 0.05) is 6.07 Å². The van der Waals surface area contributed by atoms with Crippen LogP contribution in [0.15, 0.2) is 18.2 Å². The molecule has 28 heavy (non-hydrogen) atoms. The van der Waals surface area contributed by atoms with Gasteiger partial charge in [-0.25, -0.2) is 4.79 Å². The fraction of sp³-hybridized carbons (Fsp3) is 0.632. The minimum Gasteiger partial charge on any atom is -0.507 e. The zero-order chi connectivity index (χ0) is 21.8. The maximum Gasteiger partial charge on any atom is 0.341 e. The standard InChI is InChI=1S/C19H36O6Si3/c1-15(14-28(9,24-26(3,4)5)25-27(6,7)8)13-23-16-10-11-17(18(20)12-16)19(21)22-2/h10-12,15,20H,13-14H2,1-9H3. The first-order valence-electron chi connectivity index (χ1n) is 9.58. The highest BCUT2D eigenvalue weighted by molar-refractivity contribution is 6.87. The molecule has 0 aliphatic heterocycles. The van der Waals surface area contributed by atoms with Crippen LogP contribution in [-0.4, -0.2) is 50.0 Å². The summed E-state index contributed by atoms with van der Waals surface area (Å²) in [5, 5.41) is 9.99. The first-order chi connectivity index (χ1) is 12.6. The molecule has 1 atom stereocenters. The molecule has 1 aromatic carbocycles. The normalized spacial score (nSPS) is 13.9. The average molecular weight is 445 g/mol. The number of phenols is 1. The minimum atomic E-state index is -2.33. The van der Waals surface area contributed by atoms with E-state index in [1.54, 1.807) is 6.07 Å². The van der Waals surface area contributed by atoms with Crippen molar-refractivity contribution in [1.82, 2.24) is 0 Å². The lowest BCUT2D eigenvalue weighted by atomic mass is 10.2. The lowest BCUT2D eigenvalue weighted by Gasteiger charge is -2.39. The molecule has 0 bridgehead atoms. The van der Waals surface area contributed by atoms with Crippen molar-refractivity contribution in [3.05, 3.63) is 23.8 Å². The zero-order valence-corrected chi connectivity index (χ0v) is 21.7. The van der Waals surface area contributed by atoms with Gasteiger partial charge >= 0.3 is 14.5 Å². The summed E-state index contributed by atoms with van der Waals surface area (Å²) in [6, 6.07) is 5.44. The predicted molar refractivity (Wildman–Crippen MR) is 119 cm³/mol. The molecule has 0 amide bonds. The SMILES string of the molecule is COC(=O)c1ccc(OCC(C)C[Si](C)(O[Si](C)(C)C)O[Si](C)(C)C)cc1O. The number of phenolic OH excluding ortho intramolecular Hbond substituents is 1. The lowest BCUT2D eigenvalue weighted by molar-refractivity contribution is 0.0597. The Balaban J connectivity index is 2.78. The second-order valence-electron chi connectivity index (χ2n) is 9.35. The fourth-order valence-electron chi connectivity index (χ4n) is 3.21. The molecule has 160 valence electrons. The second kappa shape index (κ2) is 9.57. The van der Waals surface area contributed by atoms with Gasteiger partial charge in [0.2, 0.25) is 0 Å². The summed E-state index contributed by atoms with van der Waals surface area (Å²) >= 11 is 0. The van der Waals surface area contributed by atoms with E-state index in [9.17, 15) is 9.90 Å². The summed E-state index contributed by atoms with van der Waals surface area (Å²) in [5.74, 6) is 0.0101. The van der Waals surface area contributed by atoms with Crippen LogP contribution in [0.4, 0.5) is 0 Å². The van der Waals surface area contributed by atoms with Gasteiger partial charge in [0.1, 0.15) is 17.1 Å². The first-order valence-corrected chi connectivity index (χ1v) is 18.9. The van der Waals surface area contributed by atoms with Crippen LogP contribution in [0, 0.1) is 5.92 Å². The molecule has 1 aromatic rings. The van der Waals surface area contributed by atoms with E-state index in [0.29, 0.717) is 12.4 Å². The Morgan fingerprint density at radius 2 is 1.57 bits per heavy atom. The average Bonchev–Trinajstić information content (AvgIpc) is 2.48. The number of hydrogen-bond acceptors (Lipinski definition) is 6. The molecule has 0 aliphatic carbocycles. The summed E-state index contributed by atoms with van der Waals surface area (Å²) in [7, 11) is -4.52. The maximum atomic E-state index is 11.6. The predicted octanol–water partition coefficient (Wildman–Crippen LogP) is 4.97. The molecular formula is C19H36O6Si3. The van der Waals surface area contributed by atoms with Gasteiger partial charge in [-0.15, -0.1) is 0 Å². The van der Waals surface area contributed by atoms with Crippen LogP contribution in [0.3, 0.4) is 0 Å². The van der Waals surface area contributed by atoms with E-state index in [1.807, 2.05) is 0 Å². The minimum absolute atomic E-state index is 0.120. The van der Waals surface area contributed by atoms with Gasteiger partial charge in [-0.2, -0.15) is 0 Å². The van der Waals surface area contributed by atoms with Crippen molar-refractivity contribution in [1.29, 1.82) is 0 Å². The molecule has 0 aliphatic rings. The Morgan fingerprint density at radius 3 is 2.00 bits per heavy atom. The van der Waals surface area contributed by atoms with Crippen molar-refractivity contribution in [2.75, 3.05) is 13.7 Å². The van der Waals surface area contributed by atoms with Crippen molar-refractivity contribution in [2.24, 2.45) is 5.92 Å². The molecule has 0 spiro atoms. The van der Waals surface area contributed by atoms with E-state index < -0.39 is 31.2 Å². The molecule has 0 saturated heterocycles. The monoisotopic (exact) mass is 444 g/mol. The van der Waals surface area contributed by atoms with Gasteiger partial charge in [-0.1, -0.05) is 6.92 Å². The molecule has 1 N–H and O–H groups in total. The van der Waals surface area contributed by atoms with E-state index >= 15 is 0 Å². The Bertz CT molecular complexity index is 651. The quantitative estimate of drug-likeness (QED) is 0.406. The van der Waals surface area contributed by atoms with Gasteiger partial charge in [0.15, 0.2) is 16.6 Å². The second-order valence-corrected chi connectivity index (χ2v) is 22.1. The van der Waals surface area contributed by atoms with Crippen molar-refractivity contribution >= 4 is 31.2 Å². The van der Waals surface area contributed by atoms with Crippen LogP contribution in [0.2, 0.25) is 51.9 Å². The highest BCUT2D eigenvalue weighted by atomic mass is 28.5. The summed E-state index contributed by atoms with van der Waals surface area (Å²) < 4.78 is 23.6. The Kier molecular flexibility index (Phi) is 8.51. The summed E-state index contributed by atoms with van der Waals surface area (Å²) in [6.45, 7) is 17.9. The van der Waals surface area contributed by atoms with Crippen molar-refractivity contribution < 1.29 is 27.6 Å². The van der Waals surface area contributed by atoms with E-state index in [0.717, 1.165) is 6.04 Å². The van der Waals surface area contributed by atoms with Crippen LogP contribution in [0.1, 0.15) is 17.3 Å². The third-order valence-corrected chi connectivity index (χ3v) is 13.5. The summed E-state index contributed by atoms with van der Waals surface area (Å²) in [6.07, 6.45) is 0. The topological polar surface area (TPSA) is 74.2 Å². The number of carbonyl (C=O) groups is 1. The lowest BCUT2D eigenvalue weighted by Crippen LogP contribution is -2.53. The molecular weight excluding hydrogens is 408 g/mol. The largest absolute Gasteiger partial charge is 0.507 e. The molecule has 6 nitrogen and oxygen atoms in total. The highest BCUT2D eigenvalue weighted by Gasteiger charge is 2.41. The van der Waals surface area contributed by atoms with Crippen molar-refractivity contribution in [3.63, 3.8) is 0 Å². The number of ether oxygens (including phenoxy) is 2. The molecule has 1 rings (SSSR count). The zero-order valence-electron chi connectivity index (χ0n) is 18.7. The van der Waals surface area contributed by atoms with E-state index in [-0.39, 0.29) is 17.2 Å². The highest BCUT2D eigenvalue weighted by Crippen LogP contribution is 2.29. The number of aromatic hydroxyl groups is 1. The molecule has 0 saturated carbocycles. The van der Waals surface area contributed by atoms with Crippen molar-refractivity contribution in [2.45, 2.75) is 58.8 Å². The number of benzene rings is 1. The van der Waals surface area contributed by atoms with Crippen LogP contribution >= 0.6 is 0 Å². The Morgan fingerprint density at radius 1 is 1.04 bits per heavy atom. The molecule has 0 radical (unpaired) electrons. The number of esters is 1. The van der Waals surface area contributed by atoms with Crippen LogP contribution in [0.5, 0.6) is 11.5 Å². The van der Waals surface area contributed by atoms with Crippen LogP contribution < -0.4 is 4.74 Å². The third-order valence-electron chi connectivity index (χ3n) is 3.67. The van der Waals surface area contributed by atoms with Gasteiger partial charge in [0.25, 0.3) is 0 Å². The third kappa shape index (κ3) is 8.91. The van der Waals surface area contributed by atoms with E-state index in [2.05, 4.69) is 57.5 Å².